The van der Waals surface area contributed by atoms with Crippen molar-refractivity contribution < 1.29 is 0 Å². The molecule has 0 saturated carbocycles. The first-order valence-electron chi connectivity index (χ1n) is 5.62. The van der Waals surface area contributed by atoms with E-state index in [0.717, 1.165) is 12.2 Å². The molecule has 0 fully saturated rings. The van der Waals surface area contributed by atoms with Gasteiger partial charge in [-0.1, -0.05) is 0 Å². The van der Waals surface area contributed by atoms with Gasteiger partial charge < -0.3 is 0 Å². The van der Waals surface area contributed by atoms with Crippen molar-refractivity contribution >= 4 is 0 Å². The van der Waals surface area contributed by atoms with E-state index in [-0.39, 0.29) is 5.54 Å². The highest BCUT2D eigenvalue weighted by atomic mass is 15.2. The molecule has 1 aromatic rings. The Morgan fingerprint density at radius 2 is 2.07 bits per heavy atom. The van der Waals surface area contributed by atoms with Crippen LogP contribution in [0.25, 0.3) is 0 Å². The van der Waals surface area contributed by atoms with E-state index in [1.54, 1.807) is 0 Å². The number of aromatic nitrogens is 1. The van der Waals surface area contributed by atoms with Gasteiger partial charge in [-0.05, 0) is 51.8 Å². The Morgan fingerprint density at radius 1 is 1.40 bits per heavy atom. The standard InChI is InChI=1S/C13H20N2/c1-9-6-12-10(2)15(13(3,4)5)8-11(12)7-14-9/h6-7,10H,8H2,1-5H3. The molecule has 0 amide bonds. The topological polar surface area (TPSA) is 16.1 Å². The maximum absolute atomic E-state index is 4.38. The van der Waals surface area contributed by atoms with Gasteiger partial charge in [-0.25, -0.2) is 0 Å². The number of pyridine rings is 1. The van der Waals surface area contributed by atoms with Gasteiger partial charge in [-0.3, -0.25) is 9.88 Å². The number of aryl methyl sites for hydroxylation is 1. The zero-order chi connectivity index (χ0) is 11.2. The van der Waals surface area contributed by atoms with Gasteiger partial charge in [0.2, 0.25) is 0 Å². The maximum Gasteiger partial charge on any atom is 0.0376 e. The Morgan fingerprint density at radius 3 is 2.67 bits per heavy atom. The first kappa shape index (κ1) is 10.6. The van der Waals surface area contributed by atoms with Crippen LogP contribution in [-0.2, 0) is 6.54 Å². The van der Waals surface area contributed by atoms with Crippen molar-refractivity contribution in [1.29, 1.82) is 0 Å². The van der Waals surface area contributed by atoms with E-state index in [9.17, 15) is 0 Å². The van der Waals surface area contributed by atoms with Gasteiger partial charge in [0.1, 0.15) is 0 Å². The van der Waals surface area contributed by atoms with Gasteiger partial charge in [0.25, 0.3) is 0 Å². The highest BCUT2D eigenvalue weighted by Crippen LogP contribution is 2.37. The fourth-order valence-electron chi connectivity index (χ4n) is 2.44. The van der Waals surface area contributed by atoms with Crippen molar-refractivity contribution in [2.45, 2.75) is 52.7 Å². The van der Waals surface area contributed by atoms with Crippen LogP contribution in [0, 0.1) is 6.92 Å². The van der Waals surface area contributed by atoms with E-state index in [0.29, 0.717) is 6.04 Å². The van der Waals surface area contributed by atoms with Crippen molar-refractivity contribution in [2.24, 2.45) is 0 Å². The molecule has 1 aliphatic heterocycles. The van der Waals surface area contributed by atoms with E-state index in [1.165, 1.54) is 11.1 Å². The summed E-state index contributed by atoms with van der Waals surface area (Å²) in [5.74, 6) is 0. The van der Waals surface area contributed by atoms with Crippen molar-refractivity contribution in [2.75, 3.05) is 0 Å². The van der Waals surface area contributed by atoms with Crippen LogP contribution in [0.3, 0.4) is 0 Å². The Labute approximate surface area is 92.3 Å². The van der Waals surface area contributed by atoms with Crippen LogP contribution in [0.4, 0.5) is 0 Å². The van der Waals surface area contributed by atoms with Gasteiger partial charge >= 0.3 is 0 Å². The fourth-order valence-corrected chi connectivity index (χ4v) is 2.44. The normalized spacial score (nSPS) is 21.8. The van der Waals surface area contributed by atoms with Crippen LogP contribution in [0.5, 0.6) is 0 Å². The second-order valence-electron chi connectivity index (χ2n) is 5.50. The number of rotatable bonds is 0. The smallest absolute Gasteiger partial charge is 0.0376 e. The summed E-state index contributed by atoms with van der Waals surface area (Å²) in [6.07, 6.45) is 2.03. The van der Waals surface area contributed by atoms with Crippen molar-refractivity contribution in [3.63, 3.8) is 0 Å². The van der Waals surface area contributed by atoms with Gasteiger partial charge in [0, 0.05) is 30.0 Å². The second kappa shape index (κ2) is 3.31. The molecule has 1 aliphatic rings. The van der Waals surface area contributed by atoms with E-state index >= 15 is 0 Å². The molecule has 82 valence electrons. The van der Waals surface area contributed by atoms with Gasteiger partial charge in [-0.15, -0.1) is 0 Å². The van der Waals surface area contributed by atoms with Crippen molar-refractivity contribution in [3.8, 4) is 0 Å². The molecule has 0 radical (unpaired) electrons. The monoisotopic (exact) mass is 204 g/mol. The zero-order valence-corrected chi connectivity index (χ0v) is 10.3. The summed E-state index contributed by atoms with van der Waals surface area (Å²) in [5.41, 5.74) is 4.20. The number of nitrogens with zero attached hydrogens (tertiary/aromatic N) is 2. The summed E-state index contributed by atoms with van der Waals surface area (Å²) < 4.78 is 0. The minimum Gasteiger partial charge on any atom is -0.287 e. The Kier molecular flexibility index (Phi) is 2.34. The molecule has 1 atom stereocenters. The predicted octanol–water partition coefficient (Wildman–Crippen LogP) is 3.07. The van der Waals surface area contributed by atoms with Gasteiger partial charge in [0.05, 0.1) is 0 Å². The summed E-state index contributed by atoms with van der Waals surface area (Å²) >= 11 is 0. The van der Waals surface area contributed by atoms with Crippen LogP contribution in [0.1, 0.15) is 50.6 Å². The van der Waals surface area contributed by atoms with Gasteiger partial charge in [-0.2, -0.15) is 0 Å². The molecule has 1 unspecified atom stereocenters. The summed E-state index contributed by atoms with van der Waals surface area (Å²) in [7, 11) is 0. The van der Waals surface area contributed by atoms with E-state index in [1.807, 2.05) is 6.20 Å². The summed E-state index contributed by atoms with van der Waals surface area (Å²) in [6, 6.07) is 2.74. The summed E-state index contributed by atoms with van der Waals surface area (Å²) in [6.45, 7) is 12.2. The molecule has 15 heavy (non-hydrogen) atoms. The Bertz CT molecular complexity index is 377. The van der Waals surface area contributed by atoms with Crippen LogP contribution < -0.4 is 0 Å². The van der Waals surface area contributed by atoms with Crippen molar-refractivity contribution in [3.05, 3.63) is 29.1 Å². The third-order valence-electron chi connectivity index (χ3n) is 3.28. The maximum atomic E-state index is 4.38. The van der Waals surface area contributed by atoms with Crippen molar-refractivity contribution in [1.82, 2.24) is 9.88 Å². The lowest BCUT2D eigenvalue weighted by molar-refractivity contribution is 0.100. The minimum absolute atomic E-state index is 0.229. The summed E-state index contributed by atoms with van der Waals surface area (Å²) in [5, 5.41) is 0. The lowest BCUT2D eigenvalue weighted by Crippen LogP contribution is -2.38. The molecule has 1 aromatic heterocycles. The van der Waals surface area contributed by atoms with Crippen LogP contribution in [-0.4, -0.2) is 15.4 Å². The number of fused-ring (bicyclic) bond motifs is 1. The molecule has 2 heterocycles. The fraction of sp³-hybridized carbons (Fsp3) is 0.615. The molecule has 0 bridgehead atoms. The average Bonchev–Trinajstić information content (AvgIpc) is 2.43. The van der Waals surface area contributed by atoms with Crippen LogP contribution in [0.2, 0.25) is 0 Å². The highest BCUT2D eigenvalue weighted by molar-refractivity contribution is 5.33. The predicted molar refractivity (Wildman–Crippen MR) is 62.7 cm³/mol. The summed E-state index contributed by atoms with van der Waals surface area (Å²) in [4.78, 5) is 6.90. The third kappa shape index (κ3) is 1.78. The molecule has 2 nitrogen and oxygen atoms in total. The first-order valence-corrected chi connectivity index (χ1v) is 5.62. The lowest BCUT2D eigenvalue weighted by Gasteiger charge is -2.35. The third-order valence-corrected chi connectivity index (χ3v) is 3.28. The minimum atomic E-state index is 0.229. The number of hydrogen-bond donors (Lipinski definition) is 0. The largest absolute Gasteiger partial charge is 0.287 e. The van der Waals surface area contributed by atoms with E-state index in [4.69, 9.17) is 0 Å². The molecule has 2 rings (SSSR count). The molecule has 2 heteroatoms. The van der Waals surface area contributed by atoms with Crippen LogP contribution >= 0.6 is 0 Å². The Hall–Kier alpha value is -0.890. The molecular weight excluding hydrogens is 184 g/mol. The SMILES string of the molecule is Cc1cc2c(cn1)CN(C(C)(C)C)C2C. The van der Waals surface area contributed by atoms with E-state index < -0.39 is 0 Å². The number of hydrogen-bond acceptors (Lipinski definition) is 2. The van der Waals surface area contributed by atoms with E-state index in [2.05, 4.69) is 50.6 Å². The average molecular weight is 204 g/mol. The van der Waals surface area contributed by atoms with Gasteiger partial charge in [0.15, 0.2) is 0 Å². The molecule has 0 N–H and O–H groups in total. The molecule has 0 saturated heterocycles. The molecular formula is C13H20N2. The quantitative estimate of drug-likeness (QED) is 0.645. The lowest BCUT2D eigenvalue weighted by atomic mass is 10.0. The molecule has 0 aliphatic carbocycles. The highest BCUT2D eigenvalue weighted by Gasteiger charge is 2.34. The second-order valence-corrected chi connectivity index (χ2v) is 5.50. The van der Waals surface area contributed by atoms with Crippen LogP contribution in [0.15, 0.2) is 12.3 Å². The Balaban J connectivity index is 2.38. The zero-order valence-electron chi connectivity index (χ0n) is 10.3. The molecule has 0 aromatic carbocycles. The first-order chi connectivity index (χ1) is 6.89. The molecule has 0 spiro atoms.